The van der Waals surface area contributed by atoms with Gasteiger partial charge in [0, 0.05) is 10.5 Å². The van der Waals surface area contributed by atoms with Crippen LogP contribution in [0.25, 0.3) is 22.6 Å². The predicted octanol–water partition coefficient (Wildman–Crippen LogP) is 3.53. The van der Waals surface area contributed by atoms with Crippen molar-refractivity contribution in [3.8, 4) is 0 Å². The fraction of sp³-hybridized carbons (Fsp3) is 0.250. The molecule has 0 amide bonds. The third-order valence-electron chi connectivity index (χ3n) is 1.92. The van der Waals surface area contributed by atoms with Gasteiger partial charge >= 0.3 is 5.97 Å². The molecule has 6 heteroatoms. The first kappa shape index (κ1) is 13.6. The third-order valence-corrected chi connectivity index (χ3v) is 1.92. The minimum absolute atomic E-state index is 0.138. The molecule has 94 valence electrons. The second kappa shape index (κ2) is 6.98. The van der Waals surface area contributed by atoms with E-state index in [4.69, 9.17) is 14.7 Å². The van der Waals surface area contributed by atoms with Gasteiger partial charge in [0.1, 0.15) is 11.5 Å². The summed E-state index contributed by atoms with van der Waals surface area (Å²) in [6, 6.07) is 1.71. The molecule has 0 radical (unpaired) electrons. The zero-order chi connectivity index (χ0) is 13.4. The van der Waals surface area contributed by atoms with Gasteiger partial charge in [-0.1, -0.05) is 17.3 Å². The first-order valence-corrected chi connectivity index (χ1v) is 5.36. The fourth-order valence-corrected chi connectivity index (χ4v) is 1.24. The van der Waals surface area contributed by atoms with Crippen LogP contribution in [-0.2, 0) is 9.53 Å². The van der Waals surface area contributed by atoms with E-state index in [2.05, 4.69) is 10.0 Å². The molecule has 0 atom stereocenters. The highest BCUT2D eigenvalue weighted by Gasteiger charge is 2.09. The maximum absolute atomic E-state index is 11.5. The Morgan fingerprint density at radius 3 is 3.06 bits per heavy atom. The second-order valence-corrected chi connectivity index (χ2v) is 3.22. The van der Waals surface area contributed by atoms with Gasteiger partial charge in [-0.2, -0.15) is 0 Å². The fourth-order valence-electron chi connectivity index (χ4n) is 1.24. The molecule has 0 bridgehead atoms. The zero-order valence-electron chi connectivity index (χ0n) is 10.2. The van der Waals surface area contributed by atoms with E-state index in [-0.39, 0.29) is 12.3 Å². The van der Waals surface area contributed by atoms with Crippen molar-refractivity contribution < 1.29 is 13.9 Å². The van der Waals surface area contributed by atoms with E-state index in [0.29, 0.717) is 5.76 Å². The zero-order valence-corrected chi connectivity index (χ0v) is 10.2. The molecule has 1 aromatic rings. The summed E-state index contributed by atoms with van der Waals surface area (Å²) < 4.78 is 9.96. The van der Waals surface area contributed by atoms with E-state index in [9.17, 15) is 4.79 Å². The Bertz CT molecular complexity index is 522. The summed E-state index contributed by atoms with van der Waals surface area (Å²) in [4.78, 5) is 14.0. The largest absolute Gasteiger partial charge is 0.464 e. The molecule has 1 rings (SSSR count). The van der Waals surface area contributed by atoms with Crippen LogP contribution in [-0.4, -0.2) is 12.6 Å². The molecular formula is C12H13N3O3. The van der Waals surface area contributed by atoms with Crippen LogP contribution in [0.2, 0.25) is 0 Å². The number of hydrogen-bond donors (Lipinski definition) is 0. The van der Waals surface area contributed by atoms with Gasteiger partial charge in [0.05, 0.1) is 12.9 Å². The second-order valence-electron chi connectivity index (χ2n) is 3.22. The number of hydrogen-bond acceptors (Lipinski definition) is 4. The molecule has 0 fully saturated rings. The summed E-state index contributed by atoms with van der Waals surface area (Å²) >= 11 is 0. The number of allylic oxidation sites excluding steroid dienone is 1. The highest BCUT2D eigenvalue weighted by Crippen LogP contribution is 2.15. The highest BCUT2D eigenvalue weighted by molar-refractivity contribution is 5.92. The van der Waals surface area contributed by atoms with E-state index in [1.807, 2.05) is 19.1 Å². The molecular weight excluding hydrogens is 234 g/mol. The normalized spacial score (nSPS) is 11.3. The summed E-state index contributed by atoms with van der Waals surface area (Å²) in [6.07, 6.45) is 6.58. The minimum Gasteiger partial charge on any atom is -0.464 e. The van der Waals surface area contributed by atoms with Gasteiger partial charge in [-0.3, -0.25) is 0 Å². The van der Waals surface area contributed by atoms with Crippen molar-refractivity contribution in [2.75, 3.05) is 6.61 Å². The van der Waals surface area contributed by atoms with Crippen molar-refractivity contribution in [1.82, 2.24) is 0 Å². The van der Waals surface area contributed by atoms with Gasteiger partial charge in [0.2, 0.25) is 0 Å². The smallest absolute Gasteiger partial charge is 0.340 e. The number of carbonyl (C=O) groups is 1. The van der Waals surface area contributed by atoms with Crippen LogP contribution in [0.4, 0.5) is 0 Å². The van der Waals surface area contributed by atoms with Crippen LogP contribution in [0, 0.1) is 0 Å². The Kier molecular flexibility index (Phi) is 5.28. The average Bonchev–Trinajstić information content (AvgIpc) is 2.77. The first-order valence-electron chi connectivity index (χ1n) is 5.36. The first-order chi connectivity index (χ1) is 8.71. The van der Waals surface area contributed by atoms with Gasteiger partial charge in [-0.05, 0) is 31.5 Å². The molecule has 0 aliphatic heterocycles. The molecule has 0 saturated heterocycles. The summed E-state index contributed by atoms with van der Waals surface area (Å²) in [6.45, 7) is 3.76. The summed E-state index contributed by atoms with van der Waals surface area (Å²) in [5, 5.41) is 3.28. The Balaban J connectivity index is 2.99. The van der Waals surface area contributed by atoms with Crippen LogP contribution in [0.1, 0.15) is 25.2 Å². The average molecular weight is 247 g/mol. The molecule has 1 heterocycles. The van der Waals surface area contributed by atoms with Crippen molar-refractivity contribution in [2.24, 2.45) is 5.11 Å². The maximum atomic E-state index is 11.5. The molecule has 0 unspecified atom stereocenters. The number of carbonyl (C=O) groups excluding carboxylic acids is 1. The maximum Gasteiger partial charge on any atom is 0.340 e. The van der Waals surface area contributed by atoms with Crippen LogP contribution in [0.5, 0.6) is 0 Å². The Hall–Kier alpha value is -2.46. The van der Waals surface area contributed by atoms with E-state index >= 15 is 0 Å². The number of furan rings is 1. The van der Waals surface area contributed by atoms with Gasteiger partial charge in [0.25, 0.3) is 0 Å². The van der Waals surface area contributed by atoms with Gasteiger partial charge < -0.3 is 9.15 Å². The minimum atomic E-state index is -0.681. The topological polar surface area (TPSA) is 88.2 Å². The van der Waals surface area contributed by atoms with Crippen molar-refractivity contribution in [3.05, 3.63) is 45.9 Å². The number of azide groups is 1. The summed E-state index contributed by atoms with van der Waals surface area (Å²) in [5.74, 6) is -0.266. The monoisotopic (exact) mass is 247 g/mol. The lowest BCUT2D eigenvalue weighted by Gasteiger charge is -1.99. The molecule has 0 aliphatic rings. The lowest BCUT2D eigenvalue weighted by Crippen LogP contribution is -2.05. The molecule has 1 aromatic heterocycles. The molecule has 0 saturated carbocycles. The Labute approximate surface area is 104 Å². The molecule has 6 nitrogen and oxygen atoms in total. The summed E-state index contributed by atoms with van der Waals surface area (Å²) in [7, 11) is 0. The van der Waals surface area contributed by atoms with Crippen LogP contribution >= 0.6 is 0 Å². The van der Waals surface area contributed by atoms with E-state index < -0.39 is 5.97 Å². The molecule has 0 N–H and O–H groups in total. The van der Waals surface area contributed by atoms with Crippen molar-refractivity contribution in [3.63, 3.8) is 0 Å². The van der Waals surface area contributed by atoms with Crippen molar-refractivity contribution in [2.45, 2.75) is 13.8 Å². The van der Waals surface area contributed by atoms with E-state index in [1.54, 1.807) is 13.0 Å². The number of esters is 1. The Morgan fingerprint density at radius 2 is 2.44 bits per heavy atom. The standard InChI is InChI=1S/C12H13N3O3/c1-3-5-9-6-10(18-8-9)7-11(14-15-13)12(16)17-4-2/h3,5-8H,4H2,1-2H3/b5-3-,11-7-. The quantitative estimate of drug-likeness (QED) is 0.262. The Morgan fingerprint density at radius 1 is 1.67 bits per heavy atom. The molecule has 0 aromatic carbocycles. The van der Waals surface area contributed by atoms with Gasteiger partial charge in [0.15, 0.2) is 0 Å². The van der Waals surface area contributed by atoms with Crippen LogP contribution in [0.3, 0.4) is 0 Å². The van der Waals surface area contributed by atoms with Crippen molar-refractivity contribution in [1.29, 1.82) is 0 Å². The van der Waals surface area contributed by atoms with Crippen LogP contribution in [0.15, 0.2) is 33.6 Å². The molecule has 0 spiro atoms. The number of rotatable bonds is 5. The molecule has 0 aliphatic carbocycles. The molecule has 18 heavy (non-hydrogen) atoms. The van der Waals surface area contributed by atoms with Crippen LogP contribution < -0.4 is 0 Å². The number of ether oxygens (including phenoxy) is 1. The van der Waals surface area contributed by atoms with Gasteiger partial charge in [-0.15, -0.1) is 0 Å². The van der Waals surface area contributed by atoms with Crippen molar-refractivity contribution >= 4 is 18.1 Å². The third kappa shape index (κ3) is 3.84. The van der Waals surface area contributed by atoms with E-state index in [1.165, 1.54) is 12.3 Å². The lowest BCUT2D eigenvalue weighted by molar-refractivity contribution is -0.138. The van der Waals surface area contributed by atoms with E-state index in [0.717, 1.165) is 5.56 Å². The SMILES string of the molecule is C/C=C\c1coc(/C=C(\N=[N+]=[N-])C(=O)OCC)c1. The van der Waals surface area contributed by atoms with Gasteiger partial charge in [-0.25, -0.2) is 4.79 Å². The highest BCUT2D eigenvalue weighted by atomic mass is 16.5. The predicted molar refractivity (Wildman–Crippen MR) is 67.2 cm³/mol. The summed E-state index contributed by atoms with van der Waals surface area (Å²) in [5.41, 5.74) is 9.11. The lowest BCUT2D eigenvalue weighted by atomic mass is 10.2. The number of nitrogens with zero attached hydrogens (tertiary/aromatic N) is 3.